The molecule has 1 aliphatic heterocycles. The van der Waals surface area contributed by atoms with Crippen LogP contribution in [-0.2, 0) is 11.3 Å². The molecule has 0 spiro atoms. The van der Waals surface area contributed by atoms with Crippen LogP contribution in [0.1, 0.15) is 15.9 Å². The Morgan fingerprint density at radius 2 is 1.81 bits per heavy atom. The monoisotopic (exact) mass is 376 g/mol. The predicted molar refractivity (Wildman–Crippen MR) is 99.9 cm³/mol. The summed E-state index contributed by atoms with van der Waals surface area (Å²) >= 11 is 6.20. The van der Waals surface area contributed by atoms with E-state index in [0.717, 1.165) is 13.1 Å². The number of amides is 1. The van der Waals surface area contributed by atoms with E-state index in [4.69, 9.17) is 16.3 Å². The third kappa shape index (κ3) is 4.81. The number of hydrogen-bond acceptors (Lipinski definition) is 3. The van der Waals surface area contributed by atoms with E-state index in [2.05, 4.69) is 4.90 Å². The van der Waals surface area contributed by atoms with Crippen molar-refractivity contribution in [3.05, 3.63) is 70.5 Å². The summed E-state index contributed by atoms with van der Waals surface area (Å²) in [6.07, 6.45) is 0. The average molecular weight is 377 g/mol. The van der Waals surface area contributed by atoms with E-state index in [1.165, 1.54) is 6.07 Å². The normalized spacial score (nSPS) is 15.0. The molecule has 0 bridgehead atoms. The van der Waals surface area contributed by atoms with Gasteiger partial charge in [0.25, 0.3) is 5.91 Å². The van der Waals surface area contributed by atoms with Crippen LogP contribution in [0, 0.1) is 5.82 Å². The fraction of sp³-hybridized carbons (Fsp3) is 0.350. The standard InChI is InChI=1S/C20H22ClFN2O2/c21-18-7-3-2-6-17(18)20(25)24(10-9-23-11-13-26-14-12-23)15-16-5-1-4-8-19(16)22/h1-8H,9-15H2. The second-order valence-electron chi connectivity index (χ2n) is 6.25. The number of halogens is 2. The quantitative estimate of drug-likeness (QED) is 0.774. The van der Waals surface area contributed by atoms with Crippen molar-refractivity contribution in [2.24, 2.45) is 0 Å². The fourth-order valence-electron chi connectivity index (χ4n) is 2.98. The lowest BCUT2D eigenvalue weighted by Gasteiger charge is -2.30. The van der Waals surface area contributed by atoms with Crippen molar-refractivity contribution in [3.8, 4) is 0 Å². The first-order valence-electron chi connectivity index (χ1n) is 8.72. The third-order valence-electron chi connectivity index (χ3n) is 4.50. The van der Waals surface area contributed by atoms with Gasteiger partial charge in [0.2, 0.25) is 0 Å². The predicted octanol–water partition coefficient (Wildman–Crippen LogP) is 3.45. The summed E-state index contributed by atoms with van der Waals surface area (Å²) in [6.45, 7) is 4.51. The summed E-state index contributed by atoms with van der Waals surface area (Å²) in [5, 5.41) is 0.405. The molecular formula is C20H22ClFN2O2. The van der Waals surface area contributed by atoms with Crippen molar-refractivity contribution in [2.45, 2.75) is 6.54 Å². The first-order valence-corrected chi connectivity index (χ1v) is 9.10. The van der Waals surface area contributed by atoms with Crippen molar-refractivity contribution in [3.63, 3.8) is 0 Å². The molecule has 0 aromatic heterocycles. The third-order valence-corrected chi connectivity index (χ3v) is 4.83. The molecule has 2 aromatic rings. The van der Waals surface area contributed by atoms with Gasteiger partial charge in [-0.25, -0.2) is 4.39 Å². The Labute approximate surface area is 158 Å². The molecule has 0 atom stereocenters. The molecule has 1 fully saturated rings. The Bertz CT molecular complexity index is 750. The van der Waals surface area contributed by atoms with E-state index in [1.54, 1.807) is 47.4 Å². The Balaban J connectivity index is 1.77. The number of ether oxygens (including phenoxy) is 1. The zero-order valence-corrected chi connectivity index (χ0v) is 15.3. The van der Waals surface area contributed by atoms with Crippen LogP contribution in [0.25, 0.3) is 0 Å². The molecular weight excluding hydrogens is 355 g/mol. The molecule has 0 saturated carbocycles. The summed E-state index contributed by atoms with van der Waals surface area (Å²) in [5.74, 6) is -0.497. The Kier molecular flexibility index (Phi) is 6.61. The van der Waals surface area contributed by atoms with Gasteiger partial charge in [0, 0.05) is 38.3 Å². The molecule has 6 heteroatoms. The highest BCUT2D eigenvalue weighted by atomic mass is 35.5. The van der Waals surface area contributed by atoms with E-state index in [1.807, 2.05) is 0 Å². The second kappa shape index (κ2) is 9.12. The van der Waals surface area contributed by atoms with E-state index in [0.29, 0.717) is 42.5 Å². The van der Waals surface area contributed by atoms with Gasteiger partial charge in [-0.05, 0) is 18.2 Å². The van der Waals surface area contributed by atoms with Crippen molar-refractivity contribution in [2.75, 3.05) is 39.4 Å². The van der Waals surface area contributed by atoms with Crippen LogP contribution in [0.15, 0.2) is 48.5 Å². The lowest BCUT2D eigenvalue weighted by Crippen LogP contribution is -2.43. The van der Waals surface area contributed by atoms with Crippen molar-refractivity contribution < 1.29 is 13.9 Å². The zero-order chi connectivity index (χ0) is 18.4. The van der Waals surface area contributed by atoms with Crippen molar-refractivity contribution in [1.29, 1.82) is 0 Å². The molecule has 3 rings (SSSR count). The Morgan fingerprint density at radius 1 is 1.12 bits per heavy atom. The first-order chi connectivity index (χ1) is 12.6. The molecule has 2 aromatic carbocycles. The summed E-state index contributed by atoms with van der Waals surface area (Å²) in [5.41, 5.74) is 0.933. The summed E-state index contributed by atoms with van der Waals surface area (Å²) in [6, 6.07) is 13.5. The minimum absolute atomic E-state index is 0.188. The number of nitrogens with zero attached hydrogens (tertiary/aromatic N) is 2. The van der Waals surface area contributed by atoms with Gasteiger partial charge in [-0.2, -0.15) is 0 Å². The molecule has 1 heterocycles. The van der Waals surface area contributed by atoms with E-state index < -0.39 is 0 Å². The number of rotatable bonds is 6. The molecule has 1 aliphatic rings. The number of hydrogen-bond donors (Lipinski definition) is 0. The van der Waals surface area contributed by atoms with E-state index >= 15 is 0 Å². The second-order valence-corrected chi connectivity index (χ2v) is 6.66. The highest BCUT2D eigenvalue weighted by Gasteiger charge is 2.21. The van der Waals surface area contributed by atoms with Crippen LogP contribution in [0.4, 0.5) is 4.39 Å². The van der Waals surface area contributed by atoms with Gasteiger partial charge in [0.05, 0.1) is 23.8 Å². The van der Waals surface area contributed by atoms with Crippen LogP contribution in [0.3, 0.4) is 0 Å². The largest absolute Gasteiger partial charge is 0.379 e. The smallest absolute Gasteiger partial charge is 0.255 e. The number of carbonyl (C=O) groups excluding carboxylic acids is 1. The van der Waals surface area contributed by atoms with E-state index in [9.17, 15) is 9.18 Å². The summed E-state index contributed by atoms with van der Waals surface area (Å²) in [4.78, 5) is 16.9. The summed E-state index contributed by atoms with van der Waals surface area (Å²) < 4.78 is 19.5. The topological polar surface area (TPSA) is 32.8 Å². The number of morpholine rings is 1. The maximum atomic E-state index is 14.1. The molecule has 0 radical (unpaired) electrons. The van der Waals surface area contributed by atoms with Crippen LogP contribution in [0.2, 0.25) is 5.02 Å². The lowest BCUT2D eigenvalue weighted by atomic mass is 10.1. The van der Waals surface area contributed by atoms with Crippen LogP contribution >= 0.6 is 11.6 Å². The number of benzene rings is 2. The molecule has 0 N–H and O–H groups in total. The molecule has 138 valence electrons. The first kappa shape index (κ1) is 18.8. The van der Waals surface area contributed by atoms with Gasteiger partial charge in [0.1, 0.15) is 5.82 Å². The number of carbonyl (C=O) groups is 1. The van der Waals surface area contributed by atoms with Gasteiger partial charge in [-0.3, -0.25) is 9.69 Å². The average Bonchev–Trinajstić information content (AvgIpc) is 2.67. The van der Waals surface area contributed by atoms with Gasteiger partial charge in [-0.15, -0.1) is 0 Å². The highest BCUT2D eigenvalue weighted by molar-refractivity contribution is 6.33. The molecule has 1 amide bonds. The molecule has 26 heavy (non-hydrogen) atoms. The van der Waals surface area contributed by atoms with Crippen LogP contribution < -0.4 is 0 Å². The summed E-state index contributed by atoms with van der Waals surface area (Å²) in [7, 11) is 0. The minimum Gasteiger partial charge on any atom is -0.379 e. The van der Waals surface area contributed by atoms with Gasteiger partial charge >= 0.3 is 0 Å². The van der Waals surface area contributed by atoms with E-state index in [-0.39, 0.29) is 18.3 Å². The Morgan fingerprint density at radius 3 is 2.54 bits per heavy atom. The van der Waals surface area contributed by atoms with Crippen LogP contribution in [0.5, 0.6) is 0 Å². The lowest BCUT2D eigenvalue weighted by molar-refractivity contribution is 0.0320. The zero-order valence-electron chi connectivity index (χ0n) is 14.5. The maximum absolute atomic E-state index is 14.1. The highest BCUT2D eigenvalue weighted by Crippen LogP contribution is 2.19. The minimum atomic E-state index is -0.309. The van der Waals surface area contributed by atoms with Crippen LogP contribution in [-0.4, -0.2) is 55.1 Å². The Hall–Kier alpha value is -1.95. The SMILES string of the molecule is O=C(c1ccccc1Cl)N(CCN1CCOCC1)Cc1ccccc1F. The molecule has 1 saturated heterocycles. The van der Waals surface area contributed by atoms with Gasteiger partial charge in [-0.1, -0.05) is 41.9 Å². The van der Waals surface area contributed by atoms with Crippen molar-refractivity contribution >= 4 is 17.5 Å². The molecule has 0 unspecified atom stereocenters. The maximum Gasteiger partial charge on any atom is 0.255 e. The van der Waals surface area contributed by atoms with Gasteiger partial charge < -0.3 is 9.64 Å². The fourth-order valence-corrected chi connectivity index (χ4v) is 3.19. The van der Waals surface area contributed by atoms with Gasteiger partial charge in [0.15, 0.2) is 0 Å². The molecule has 0 aliphatic carbocycles. The molecule has 4 nitrogen and oxygen atoms in total. The van der Waals surface area contributed by atoms with Crippen molar-refractivity contribution in [1.82, 2.24) is 9.80 Å².